The summed E-state index contributed by atoms with van der Waals surface area (Å²) in [5.41, 5.74) is 2.75. The van der Waals surface area contributed by atoms with Crippen molar-refractivity contribution >= 4 is 57.7 Å². The van der Waals surface area contributed by atoms with Gasteiger partial charge in [0.05, 0.1) is 17.4 Å². The topological polar surface area (TPSA) is 78.4 Å². The van der Waals surface area contributed by atoms with E-state index in [1.807, 2.05) is 12.1 Å². The van der Waals surface area contributed by atoms with Crippen LogP contribution in [0.3, 0.4) is 0 Å². The molecule has 0 spiro atoms. The Kier molecular flexibility index (Phi) is 4.44. The molecule has 0 atom stereocenters. The molecule has 0 aliphatic carbocycles. The van der Waals surface area contributed by atoms with Crippen molar-refractivity contribution in [3.8, 4) is 0 Å². The number of rotatable bonds is 4. The highest BCUT2D eigenvalue weighted by atomic mass is 35.5. The molecule has 1 aromatic heterocycles. The molecule has 1 N–H and O–H groups in total. The lowest BCUT2D eigenvalue weighted by Crippen LogP contribution is -2.37. The van der Waals surface area contributed by atoms with Crippen molar-refractivity contribution in [1.29, 1.82) is 0 Å². The van der Waals surface area contributed by atoms with E-state index in [0.717, 1.165) is 22.9 Å². The number of hydrogen-bond acceptors (Lipinski definition) is 5. The monoisotopic (exact) mass is 387 g/mol. The summed E-state index contributed by atoms with van der Waals surface area (Å²) in [6.45, 7) is 0.994. The van der Waals surface area contributed by atoms with Crippen molar-refractivity contribution in [1.82, 2.24) is 13.6 Å². The van der Waals surface area contributed by atoms with E-state index in [1.165, 1.54) is 4.90 Å². The van der Waals surface area contributed by atoms with E-state index in [2.05, 4.69) is 14.1 Å². The molecule has 3 aromatic rings. The summed E-state index contributed by atoms with van der Waals surface area (Å²) in [6.07, 6.45) is 0. The Labute approximate surface area is 158 Å². The normalized spacial score (nSPS) is 14.3. The van der Waals surface area contributed by atoms with E-state index < -0.39 is 0 Å². The maximum Gasteiger partial charge on any atom is 0.325 e. The first-order chi connectivity index (χ1) is 12.6. The van der Waals surface area contributed by atoms with E-state index in [-0.39, 0.29) is 18.5 Å². The third-order valence-corrected chi connectivity index (χ3v) is 4.92. The zero-order valence-corrected chi connectivity index (χ0v) is 15.1. The highest BCUT2D eigenvalue weighted by Crippen LogP contribution is 2.23. The van der Waals surface area contributed by atoms with Crippen molar-refractivity contribution < 1.29 is 9.59 Å². The van der Waals surface area contributed by atoms with Gasteiger partial charge in [0.25, 0.3) is 0 Å². The number of carbonyl (C=O) groups is 2. The van der Waals surface area contributed by atoms with Gasteiger partial charge in [-0.1, -0.05) is 17.7 Å². The van der Waals surface area contributed by atoms with Crippen LogP contribution >= 0.6 is 23.3 Å². The Morgan fingerprint density at radius 1 is 1.15 bits per heavy atom. The van der Waals surface area contributed by atoms with Gasteiger partial charge in [0.15, 0.2) is 0 Å². The number of hydrogen-bond donors (Lipinski definition) is 1. The van der Waals surface area contributed by atoms with E-state index >= 15 is 0 Å². The van der Waals surface area contributed by atoms with Gasteiger partial charge < -0.3 is 10.2 Å². The number of carbonyl (C=O) groups excluding carboxylic acids is 2. The Morgan fingerprint density at radius 2 is 1.96 bits per heavy atom. The van der Waals surface area contributed by atoms with Crippen molar-refractivity contribution in [2.24, 2.45) is 0 Å². The molecule has 0 saturated carbocycles. The van der Waals surface area contributed by atoms with Gasteiger partial charge >= 0.3 is 6.03 Å². The zero-order chi connectivity index (χ0) is 18.1. The standard InChI is InChI=1S/C17H14ClN5O2S/c18-11-4-6-12(7-5-11)23-9-8-22(17(23)25)10-15(24)19-13-2-1-3-14-16(13)21-26-20-14/h1-7H,8-10H2,(H,19,24). The first-order valence-electron chi connectivity index (χ1n) is 7.95. The Bertz CT molecular complexity index is 975. The molecular weight excluding hydrogens is 374 g/mol. The molecular formula is C17H14ClN5O2S. The first kappa shape index (κ1) is 16.7. The van der Waals surface area contributed by atoms with E-state index in [9.17, 15) is 9.59 Å². The summed E-state index contributed by atoms with van der Waals surface area (Å²) in [6, 6.07) is 12.3. The second-order valence-corrected chi connectivity index (χ2v) is 6.78. The number of anilines is 2. The minimum Gasteiger partial charge on any atom is -0.323 e. The summed E-state index contributed by atoms with van der Waals surface area (Å²) in [7, 11) is 0. The van der Waals surface area contributed by atoms with Crippen molar-refractivity contribution in [2.75, 3.05) is 29.9 Å². The molecule has 0 unspecified atom stereocenters. The van der Waals surface area contributed by atoms with Gasteiger partial charge in [0.1, 0.15) is 17.6 Å². The minimum absolute atomic E-state index is 0.0170. The van der Waals surface area contributed by atoms with Crippen molar-refractivity contribution in [2.45, 2.75) is 0 Å². The number of amides is 3. The number of halogens is 1. The smallest absolute Gasteiger partial charge is 0.323 e. The molecule has 0 bridgehead atoms. The highest BCUT2D eigenvalue weighted by molar-refractivity contribution is 7.00. The maximum absolute atomic E-state index is 12.6. The number of benzene rings is 2. The number of nitrogens with one attached hydrogen (secondary N) is 1. The van der Waals surface area contributed by atoms with E-state index in [0.29, 0.717) is 29.3 Å². The molecule has 9 heteroatoms. The van der Waals surface area contributed by atoms with Crippen molar-refractivity contribution in [3.05, 3.63) is 47.5 Å². The number of fused-ring (bicyclic) bond motifs is 1. The first-order valence-corrected chi connectivity index (χ1v) is 9.06. The molecule has 7 nitrogen and oxygen atoms in total. The van der Waals surface area contributed by atoms with E-state index in [1.54, 1.807) is 35.2 Å². The summed E-state index contributed by atoms with van der Waals surface area (Å²) < 4.78 is 8.34. The molecule has 2 heterocycles. The Morgan fingerprint density at radius 3 is 2.77 bits per heavy atom. The lowest BCUT2D eigenvalue weighted by molar-refractivity contribution is -0.116. The molecule has 1 saturated heterocycles. The summed E-state index contributed by atoms with van der Waals surface area (Å²) in [5, 5.41) is 3.43. The third kappa shape index (κ3) is 3.21. The van der Waals surface area contributed by atoms with Crippen LogP contribution in [0.2, 0.25) is 5.02 Å². The van der Waals surface area contributed by atoms with Crippen LogP contribution in [0.1, 0.15) is 0 Å². The number of aromatic nitrogens is 2. The predicted octanol–water partition coefficient (Wildman–Crippen LogP) is 3.23. The van der Waals surface area contributed by atoms with Gasteiger partial charge in [-0.05, 0) is 36.4 Å². The lowest BCUT2D eigenvalue weighted by Gasteiger charge is -2.18. The second kappa shape index (κ2) is 6.89. The minimum atomic E-state index is -0.267. The van der Waals surface area contributed by atoms with Gasteiger partial charge in [-0.25, -0.2) is 4.79 Å². The quantitative estimate of drug-likeness (QED) is 0.745. The molecule has 26 heavy (non-hydrogen) atoms. The average molecular weight is 388 g/mol. The van der Waals surface area contributed by atoms with Crippen LogP contribution in [-0.4, -0.2) is 45.2 Å². The summed E-state index contributed by atoms with van der Waals surface area (Å²) in [5.74, 6) is -0.267. The molecule has 132 valence electrons. The Hall–Kier alpha value is -2.71. The third-order valence-electron chi connectivity index (χ3n) is 4.13. The largest absolute Gasteiger partial charge is 0.325 e. The fourth-order valence-corrected chi connectivity index (χ4v) is 3.54. The van der Waals surface area contributed by atoms with Crippen LogP contribution < -0.4 is 10.2 Å². The van der Waals surface area contributed by atoms with E-state index in [4.69, 9.17) is 11.6 Å². The highest BCUT2D eigenvalue weighted by Gasteiger charge is 2.30. The van der Waals surface area contributed by atoms with Crippen molar-refractivity contribution in [3.63, 3.8) is 0 Å². The average Bonchev–Trinajstić information content (AvgIpc) is 3.24. The molecule has 3 amide bonds. The fraction of sp³-hybridized carbons (Fsp3) is 0.176. The lowest BCUT2D eigenvalue weighted by atomic mass is 10.2. The van der Waals surface area contributed by atoms with Gasteiger partial charge in [-0.15, -0.1) is 0 Å². The SMILES string of the molecule is O=C(CN1CCN(c2ccc(Cl)cc2)C1=O)Nc1cccc2nsnc12. The maximum atomic E-state index is 12.6. The Balaban J connectivity index is 1.43. The summed E-state index contributed by atoms with van der Waals surface area (Å²) in [4.78, 5) is 28.1. The van der Waals surface area contributed by atoms with Crippen LogP contribution in [0.25, 0.3) is 11.0 Å². The molecule has 4 rings (SSSR count). The zero-order valence-electron chi connectivity index (χ0n) is 13.6. The van der Waals surface area contributed by atoms with Gasteiger partial charge in [0, 0.05) is 23.8 Å². The second-order valence-electron chi connectivity index (χ2n) is 5.82. The van der Waals surface area contributed by atoms with Gasteiger partial charge in [-0.3, -0.25) is 9.69 Å². The summed E-state index contributed by atoms with van der Waals surface area (Å²) >= 11 is 6.98. The molecule has 1 fully saturated rings. The van der Waals surface area contributed by atoms with Crippen LogP contribution in [-0.2, 0) is 4.79 Å². The fourth-order valence-electron chi connectivity index (χ4n) is 2.86. The predicted molar refractivity (Wildman–Crippen MR) is 102 cm³/mol. The van der Waals surface area contributed by atoms with Crippen LogP contribution in [0.5, 0.6) is 0 Å². The number of nitrogens with zero attached hydrogens (tertiary/aromatic N) is 4. The molecule has 0 radical (unpaired) electrons. The van der Waals surface area contributed by atoms with Gasteiger partial charge in [-0.2, -0.15) is 8.75 Å². The molecule has 1 aliphatic heterocycles. The molecule has 1 aliphatic rings. The van der Waals surface area contributed by atoms with Crippen LogP contribution in [0.15, 0.2) is 42.5 Å². The van der Waals surface area contributed by atoms with Crippen LogP contribution in [0.4, 0.5) is 16.2 Å². The van der Waals surface area contributed by atoms with Gasteiger partial charge in [0.2, 0.25) is 5.91 Å². The van der Waals surface area contributed by atoms with Crippen LogP contribution in [0, 0.1) is 0 Å². The number of urea groups is 1. The molecule has 2 aromatic carbocycles.